The van der Waals surface area contributed by atoms with Crippen LogP contribution in [0.25, 0.3) is 6.08 Å². The molecule has 0 aliphatic heterocycles. The number of hydrogen-bond acceptors (Lipinski definition) is 4. The highest BCUT2D eigenvalue weighted by atomic mass is 35.5. The van der Waals surface area contributed by atoms with Crippen LogP contribution in [0.2, 0.25) is 10.0 Å². The summed E-state index contributed by atoms with van der Waals surface area (Å²) in [5, 5.41) is 15.9. The van der Waals surface area contributed by atoms with Crippen LogP contribution in [-0.2, 0) is 4.79 Å². The molecular formula is C17H14Cl2N2O3S. The topological polar surface area (TPSA) is 70.6 Å². The average Bonchev–Trinajstić information content (AvgIpc) is 2.56. The molecule has 2 rings (SSSR count). The summed E-state index contributed by atoms with van der Waals surface area (Å²) >= 11 is 16.9. The zero-order valence-electron chi connectivity index (χ0n) is 13.0. The third-order valence-corrected chi connectivity index (χ3v) is 3.83. The number of hydrogen-bond donors (Lipinski definition) is 3. The molecule has 0 aliphatic rings. The van der Waals surface area contributed by atoms with E-state index in [1.807, 2.05) is 0 Å². The normalized spacial score (nSPS) is 10.5. The van der Waals surface area contributed by atoms with Crippen molar-refractivity contribution in [2.75, 3.05) is 12.4 Å². The quantitative estimate of drug-likeness (QED) is 0.409. The molecule has 1 amide bonds. The highest BCUT2D eigenvalue weighted by Crippen LogP contribution is 2.27. The minimum atomic E-state index is -0.453. The van der Waals surface area contributed by atoms with Crippen LogP contribution < -0.4 is 15.4 Å². The van der Waals surface area contributed by atoms with Crippen molar-refractivity contribution < 1.29 is 14.6 Å². The van der Waals surface area contributed by atoms with Gasteiger partial charge in [0.15, 0.2) is 5.11 Å². The van der Waals surface area contributed by atoms with Crippen molar-refractivity contribution in [3.63, 3.8) is 0 Å². The van der Waals surface area contributed by atoms with Crippen LogP contribution in [0.5, 0.6) is 11.5 Å². The summed E-state index contributed by atoms with van der Waals surface area (Å²) in [6.45, 7) is 0. The van der Waals surface area contributed by atoms with Crippen LogP contribution in [0.15, 0.2) is 42.5 Å². The molecule has 130 valence electrons. The van der Waals surface area contributed by atoms with Gasteiger partial charge >= 0.3 is 0 Å². The summed E-state index contributed by atoms with van der Waals surface area (Å²) in [5.74, 6) is 0.0542. The largest absolute Gasteiger partial charge is 0.506 e. The Morgan fingerprint density at radius 1 is 1.24 bits per heavy atom. The van der Waals surface area contributed by atoms with Gasteiger partial charge in [-0.05, 0) is 48.1 Å². The second kappa shape index (κ2) is 8.71. The molecule has 0 saturated heterocycles. The first-order valence-electron chi connectivity index (χ1n) is 7.01. The van der Waals surface area contributed by atoms with E-state index in [1.165, 1.54) is 19.3 Å². The molecule has 8 heteroatoms. The van der Waals surface area contributed by atoms with Gasteiger partial charge in [0.2, 0.25) is 5.91 Å². The summed E-state index contributed by atoms with van der Waals surface area (Å²) < 4.78 is 5.06. The number of anilines is 1. The van der Waals surface area contributed by atoms with Gasteiger partial charge in [-0.15, -0.1) is 0 Å². The first-order valence-corrected chi connectivity index (χ1v) is 8.17. The third kappa shape index (κ3) is 5.63. The number of rotatable bonds is 4. The van der Waals surface area contributed by atoms with Crippen molar-refractivity contribution >= 4 is 58.2 Å². The van der Waals surface area contributed by atoms with E-state index in [1.54, 1.807) is 36.4 Å². The molecule has 2 aromatic rings. The molecule has 3 N–H and O–H groups in total. The predicted molar refractivity (Wildman–Crippen MR) is 105 cm³/mol. The number of methoxy groups -OCH3 is 1. The van der Waals surface area contributed by atoms with E-state index in [4.69, 9.17) is 40.2 Å². The van der Waals surface area contributed by atoms with Gasteiger partial charge in [-0.1, -0.05) is 29.3 Å². The lowest BCUT2D eigenvalue weighted by Crippen LogP contribution is -2.32. The Labute approximate surface area is 160 Å². The van der Waals surface area contributed by atoms with Crippen molar-refractivity contribution in [1.29, 1.82) is 0 Å². The maximum Gasteiger partial charge on any atom is 0.250 e. The number of amides is 1. The zero-order chi connectivity index (χ0) is 18.4. The van der Waals surface area contributed by atoms with Crippen molar-refractivity contribution in [2.24, 2.45) is 0 Å². The van der Waals surface area contributed by atoms with E-state index in [-0.39, 0.29) is 10.9 Å². The van der Waals surface area contributed by atoms with Crippen molar-refractivity contribution in [3.8, 4) is 11.5 Å². The molecule has 0 fully saturated rings. The van der Waals surface area contributed by atoms with E-state index in [0.717, 1.165) is 0 Å². The van der Waals surface area contributed by atoms with Crippen LogP contribution in [0.1, 0.15) is 5.56 Å². The summed E-state index contributed by atoms with van der Waals surface area (Å²) in [5.41, 5.74) is 0.958. The smallest absolute Gasteiger partial charge is 0.250 e. The molecule has 0 atom stereocenters. The van der Waals surface area contributed by atoms with E-state index in [9.17, 15) is 9.90 Å². The Kier molecular flexibility index (Phi) is 6.64. The molecule has 5 nitrogen and oxygen atoms in total. The van der Waals surface area contributed by atoms with Crippen LogP contribution in [0, 0.1) is 0 Å². The first-order chi connectivity index (χ1) is 11.9. The lowest BCUT2D eigenvalue weighted by atomic mass is 10.2. The molecule has 0 radical (unpaired) electrons. The van der Waals surface area contributed by atoms with E-state index in [0.29, 0.717) is 27.0 Å². The molecule has 0 unspecified atom stereocenters. The monoisotopic (exact) mass is 396 g/mol. The van der Waals surface area contributed by atoms with E-state index >= 15 is 0 Å². The predicted octanol–water partition coefficient (Wildman–Crippen LogP) is 4.23. The van der Waals surface area contributed by atoms with Crippen molar-refractivity contribution in [2.45, 2.75) is 0 Å². The van der Waals surface area contributed by atoms with Gasteiger partial charge in [0.05, 0.1) is 12.8 Å². The average molecular weight is 397 g/mol. The molecular weight excluding hydrogens is 383 g/mol. The Balaban J connectivity index is 1.98. The fourth-order valence-corrected chi connectivity index (χ4v) is 2.53. The SMILES string of the molecule is COc1ccc(O)c(NC(=S)NC(=O)/C=C/c2ccc(Cl)cc2Cl)c1. The number of benzene rings is 2. The lowest BCUT2D eigenvalue weighted by Gasteiger charge is -2.11. The van der Waals surface area contributed by atoms with E-state index < -0.39 is 5.91 Å². The number of thiocarbonyl (C=S) groups is 1. The number of phenolic OH excluding ortho intramolecular Hbond substituents is 1. The summed E-state index contributed by atoms with van der Waals surface area (Å²) in [6.07, 6.45) is 2.83. The number of carbonyl (C=O) groups is 1. The van der Waals surface area contributed by atoms with Gasteiger partial charge in [0.1, 0.15) is 11.5 Å². The lowest BCUT2D eigenvalue weighted by molar-refractivity contribution is -0.115. The third-order valence-electron chi connectivity index (χ3n) is 3.07. The minimum absolute atomic E-state index is 0.0270. The summed E-state index contributed by atoms with van der Waals surface area (Å²) in [7, 11) is 1.50. The Bertz CT molecular complexity index is 841. The van der Waals surface area contributed by atoms with Crippen LogP contribution in [-0.4, -0.2) is 23.2 Å². The molecule has 0 aliphatic carbocycles. The maximum absolute atomic E-state index is 11.9. The van der Waals surface area contributed by atoms with Crippen LogP contribution in [0.4, 0.5) is 5.69 Å². The van der Waals surface area contributed by atoms with Gasteiger partial charge in [0, 0.05) is 22.2 Å². The zero-order valence-corrected chi connectivity index (χ0v) is 15.4. The fourth-order valence-electron chi connectivity index (χ4n) is 1.85. The first kappa shape index (κ1) is 19.1. The van der Waals surface area contributed by atoms with Gasteiger partial charge in [-0.2, -0.15) is 0 Å². The van der Waals surface area contributed by atoms with Crippen molar-refractivity contribution in [1.82, 2.24) is 5.32 Å². The number of phenols is 1. The van der Waals surface area contributed by atoms with Crippen LogP contribution in [0.3, 0.4) is 0 Å². The van der Waals surface area contributed by atoms with Gasteiger partial charge in [-0.25, -0.2) is 0 Å². The number of aromatic hydroxyl groups is 1. The maximum atomic E-state index is 11.9. The molecule has 0 aromatic heterocycles. The Hall–Kier alpha value is -2.28. The molecule has 0 spiro atoms. The standard InChI is InChI=1S/C17H14Cl2N2O3S/c1-24-12-5-6-15(22)14(9-12)20-17(25)21-16(23)7-3-10-2-4-11(18)8-13(10)19/h2-9,22H,1H3,(H2,20,21,23,25)/b7-3+. The van der Waals surface area contributed by atoms with E-state index in [2.05, 4.69) is 10.6 Å². The highest BCUT2D eigenvalue weighted by molar-refractivity contribution is 7.80. The second-order valence-corrected chi connectivity index (χ2v) is 6.08. The Morgan fingerprint density at radius 2 is 2.00 bits per heavy atom. The Morgan fingerprint density at radius 3 is 2.68 bits per heavy atom. The number of nitrogens with one attached hydrogen (secondary N) is 2. The highest BCUT2D eigenvalue weighted by Gasteiger charge is 2.07. The fraction of sp³-hybridized carbons (Fsp3) is 0.0588. The molecule has 0 heterocycles. The van der Waals surface area contributed by atoms with Crippen molar-refractivity contribution in [3.05, 3.63) is 58.1 Å². The number of carbonyl (C=O) groups excluding carboxylic acids is 1. The van der Waals surface area contributed by atoms with Gasteiger partial charge < -0.3 is 15.2 Å². The molecule has 25 heavy (non-hydrogen) atoms. The number of halogens is 2. The summed E-state index contributed by atoms with van der Waals surface area (Å²) in [4.78, 5) is 11.9. The summed E-state index contributed by atoms with van der Waals surface area (Å²) in [6, 6.07) is 9.55. The molecule has 0 bridgehead atoms. The second-order valence-electron chi connectivity index (χ2n) is 4.83. The minimum Gasteiger partial charge on any atom is -0.506 e. The van der Waals surface area contributed by atoms with Gasteiger partial charge in [0.25, 0.3) is 0 Å². The number of ether oxygens (including phenoxy) is 1. The van der Waals surface area contributed by atoms with Gasteiger partial charge in [-0.3, -0.25) is 10.1 Å². The van der Waals surface area contributed by atoms with Crippen LogP contribution >= 0.6 is 35.4 Å². The molecule has 2 aromatic carbocycles. The molecule has 0 saturated carbocycles.